The van der Waals surface area contributed by atoms with Crippen LogP contribution in [0.2, 0.25) is 0 Å². The quantitative estimate of drug-likeness (QED) is 0.875. The first-order valence-electron chi connectivity index (χ1n) is 5.89. The molecule has 0 aromatic carbocycles. The minimum atomic E-state index is -3.40. The zero-order chi connectivity index (χ0) is 13.3. The van der Waals surface area contributed by atoms with E-state index in [4.69, 9.17) is 0 Å². The standard InChI is InChI=1S/C11H17BrN2O2S2/c1-7-3-4-13-6-9(7)14-18(15,16)10-5-8(2)11(12)17-10/h5,7,9,13-14H,3-4,6H2,1-2H3. The van der Waals surface area contributed by atoms with Crippen LogP contribution < -0.4 is 10.0 Å². The molecule has 7 heteroatoms. The largest absolute Gasteiger partial charge is 0.315 e. The average molecular weight is 353 g/mol. The van der Waals surface area contributed by atoms with Crippen LogP contribution in [0.4, 0.5) is 0 Å². The van der Waals surface area contributed by atoms with E-state index < -0.39 is 10.0 Å². The molecule has 0 radical (unpaired) electrons. The van der Waals surface area contributed by atoms with Gasteiger partial charge in [-0.3, -0.25) is 0 Å². The second-order valence-corrected chi connectivity index (χ2v) is 9.03. The second-order valence-electron chi connectivity index (χ2n) is 4.72. The maximum atomic E-state index is 12.3. The van der Waals surface area contributed by atoms with Gasteiger partial charge in [-0.05, 0) is 53.4 Å². The number of hydrogen-bond donors (Lipinski definition) is 2. The van der Waals surface area contributed by atoms with Gasteiger partial charge in [-0.1, -0.05) is 6.92 Å². The highest BCUT2D eigenvalue weighted by molar-refractivity contribution is 9.11. The van der Waals surface area contributed by atoms with Crippen molar-refractivity contribution < 1.29 is 8.42 Å². The lowest BCUT2D eigenvalue weighted by molar-refractivity contribution is 0.327. The molecule has 1 aliphatic heterocycles. The highest BCUT2D eigenvalue weighted by Gasteiger charge is 2.27. The molecule has 18 heavy (non-hydrogen) atoms. The number of thiophene rings is 1. The predicted molar refractivity (Wildman–Crippen MR) is 77.5 cm³/mol. The predicted octanol–water partition coefficient (Wildman–Crippen LogP) is 2.10. The van der Waals surface area contributed by atoms with E-state index in [0.717, 1.165) is 22.3 Å². The minimum absolute atomic E-state index is 0.0232. The molecule has 1 aromatic rings. The van der Waals surface area contributed by atoms with E-state index in [9.17, 15) is 8.42 Å². The summed E-state index contributed by atoms with van der Waals surface area (Å²) in [5.41, 5.74) is 0.954. The number of rotatable bonds is 3. The van der Waals surface area contributed by atoms with Crippen molar-refractivity contribution in [2.24, 2.45) is 5.92 Å². The van der Waals surface area contributed by atoms with Gasteiger partial charge in [0.25, 0.3) is 0 Å². The van der Waals surface area contributed by atoms with Gasteiger partial charge in [0.2, 0.25) is 10.0 Å². The Kier molecular flexibility index (Phi) is 4.48. The molecule has 0 bridgehead atoms. The normalized spacial score (nSPS) is 25.3. The number of aryl methyl sites for hydroxylation is 1. The number of piperidine rings is 1. The molecule has 2 rings (SSSR count). The molecular weight excluding hydrogens is 336 g/mol. The average Bonchev–Trinajstić information content (AvgIpc) is 2.63. The Morgan fingerprint density at radius 3 is 2.83 bits per heavy atom. The number of nitrogens with one attached hydrogen (secondary N) is 2. The summed E-state index contributed by atoms with van der Waals surface area (Å²) in [5, 5.41) is 3.22. The van der Waals surface area contributed by atoms with Crippen LogP contribution in [0.1, 0.15) is 18.9 Å². The van der Waals surface area contributed by atoms with E-state index in [1.54, 1.807) is 6.07 Å². The molecule has 2 atom stereocenters. The van der Waals surface area contributed by atoms with E-state index in [1.165, 1.54) is 11.3 Å². The summed E-state index contributed by atoms with van der Waals surface area (Å²) >= 11 is 4.62. The Bertz CT molecular complexity index is 508. The fraction of sp³-hybridized carbons (Fsp3) is 0.636. The van der Waals surface area contributed by atoms with Crippen LogP contribution in [0.3, 0.4) is 0 Å². The summed E-state index contributed by atoms with van der Waals surface area (Å²) < 4.78 is 28.6. The minimum Gasteiger partial charge on any atom is -0.315 e. The molecule has 2 unspecified atom stereocenters. The highest BCUT2D eigenvalue weighted by atomic mass is 79.9. The van der Waals surface area contributed by atoms with E-state index in [0.29, 0.717) is 16.7 Å². The summed E-state index contributed by atoms with van der Waals surface area (Å²) in [7, 11) is -3.40. The second kappa shape index (κ2) is 5.58. The lowest BCUT2D eigenvalue weighted by atomic mass is 9.96. The summed E-state index contributed by atoms with van der Waals surface area (Å²) in [4.78, 5) is 0. The Labute approximate surface area is 120 Å². The van der Waals surface area contributed by atoms with Crippen LogP contribution in [0, 0.1) is 12.8 Å². The Morgan fingerprint density at radius 2 is 2.28 bits per heavy atom. The topological polar surface area (TPSA) is 58.2 Å². The summed E-state index contributed by atoms with van der Waals surface area (Å²) in [6.07, 6.45) is 1.00. The first kappa shape index (κ1) is 14.5. The van der Waals surface area contributed by atoms with Crippen molar-refractivity contribution in [1.29, 1.82) is 0 Å². The van der Waals surface area contributed by atoms with Crippen molar-refractivity contribution in [1.82, 2.24) is 10.0 Å². The fourth-order valence-electron chi connectivity index (χ4n) is 1.97. The van der Waals surface area contributed by atoms with Crippen molar-refractivity contribution in [3.8, 4) is 0 Å². The van der Waals surface area contributed by atoms with Gasteiger partial charge in [0.05, 0.1) is 3.79 Å². The maximum absolute atomic E-state index is 12.3. The lowest BCUT2D eigenvalue weighted by Crippen LogP contribution is -2.49. The Morgan fingerprint density at radius 1 is 1.56 bits per heavy atom. The molecule has 0 saturated carbocycles. The van der Waals surface area contributed by atoms with E-state index in [2.05, 4.69) is 32.9 Å². The fourth-order valence-corrected chi connectivity index (χ4v) is 5.56. The van der Waals surface area contributed by atoms with Crippen molar-refractivity contribution in [3.05, 3.63) is 15.4 Å². The molecule has 0 spiro atoms. The van der Waals surface area contributed by atoms with Crippen LogP contribution in [0.5, 0.6) is 0 Å². The van der Waals surface area contributed by atoms with Crippen LogP contribution in [-0.4, -0.2) is 27.5 Å². The van der Waals surface area contributed by atoms with Crippen LogP contribution in [0.25, 0.3) is 0 Å². The summed E-state index contributed by atoms with van der Waals surface area (Å²) in [5.74, 6) is 0.366. The van der Waals surface area contributed by atoms with Crippen molar-refractivity contribution in [2.45, 2.75) is 30.5 Å². The van der Waals surface area contributed by atoms with Gasteiger partial charge in [0.15, 0.2) is 0 Å². The molecule has 4 nitrogen and oxygen atoms in total. The molecule has 0 amide bonds. The Balaban J connectivity index is 2.16. The van der Waals surface area contributed by atoms with Gasteiger partial charge >= 0.3 is 0 Å². The molecule has 1 aromatic heterocycles. The molecular formula is C11H17BrN2O2S2. The van der Waals surface area contributed by atoms with Crippen LogP contribution in [-0.2, 0) is 10.0 Å². The van der Waals surface area contributed by atoms with Crippen LogP contribution >= 0.6 is 27.3 Å². The molecule has 1 fully saturated rings. The Hall–Kier alpha value is 0.0500. The number of sulfonamides is 1. The summed E-state index contributed by atoms with van der Waals surface area (Å²) in [6.45, 7) is 5.64. The molecule has 2 heterocycles. The number of halogens is 1. The summed E-state index contributed by atoms with van der Waals surface area (Å²) in [6, 6.07) is 1.68. The highest BCUT2D eigenvalue weighted by Crippen LogP contribution is 2.30. The lowest BCUT2D eigenvalue weighted by Gasteiger charge is -2.29. The van der Waals surface area contributed by atoms with E-state index >= 15 is 0 Å². The SMILES string of the molecule is Cc1cc(S(=O)(=O)NC2CNCCC2C)sc1Br. The van der Waals surface area contributed by atoms with Gasteiger partial charge < -0.3 is 5.32 Å². The smallest absolute Gasteiger partial charge is 0.250 e. The molecule has 0 aliphatic carbocycles. The zero-order valence-electron chi connectivity index (χ0n) is 10.4. The third-order valence-electron chi connectivity index (χ3n) is 3.23. The van der Waals surface area contributed by atoms with Gasteiger partial charge in [0, 0.05) is 12.6 Å². The third kappa shape index (κ3) is 3.14. The van der Waals surface area contributed by atoms with Crippen molar-refractivity contribution >= 4 is 37.3 Å². The third-order valence-corrected chi connectivity index (χ3v) is 7.33. The number of hydrogen-bond acceptors (Lipinski definition) is 4. The van der Waals surface area contributed by atoms with Gasteiger partial charge in [-0.25, -0.2) is 13.1 Å². The van der Waals surface area contributed by atoms with Crippen molar-refractivity contribution in [3.63, 3.8) is 0 Å². The molecule has 1 saturated heterocycles. The first-order chi connectivity index (χ1) is 8.40. The van der Waals surface area contributed by atoms with Gasteiger partial charge in [0.1, 0.15) is 4.21 Å². The monoisotopic (exact) mass is 352 g/mol. The molecule has 2 N–H and O–H groups in total. The van der Waals surface area contributed by atoms with Gasteiger partial charge in [-0.15, -0.1) is 11.3 Å². The first-order valence-corrected chi connectivity index (χ1v) is 8.98. The van der Waals surface area contributed by atoms with E-state index in [1.807, 2.05) is 6.92 Å². The van der Waals surface area contributed by atoms with E-state index in [-0.39, 0.29) is 6.04 Å². The molecule has 1 aliphatic rings. The van der Waals surface area contributed by atoms with Crippen LogP contribution in [0.15, 0.2) is 14.1 Å². The zero-order valence-corrected chi connectivity index (χ0v) is 13.6. The van der Waals surface area contributed by atoms with Gasteiger partial charge in [-0.2, -0.15) is 0 Å². The maximum Gasteiger partial charge on any atom is 0.250 e. The molecule has 102 valence electrons. The van der Waals surface area contributed by atoms with Crippen molar-refractivity contribution in [2.75, 3.05) is 13.1 Å².